The molecule has 0 fully saturated rings. The lowest BCUT2D eigenvalue weighted by Crippen LogP contribution is -2.53. The first-order valence-corrected chi connectivity index (χ1v) is 14.5. The molecule has 0 aliphatic heterocycles. The lowest BCUT2D eigenvalue weighted by Gasteiger charge is -2.36. The SMILES string of the molecule is C/C(=N\C([Si](C)(C)C)[Si](C)(C)C)N(C)c1ccccc1. The van der Waals surface area contributed by atoms with Crippen molar-refractivity contribution in [1.82, 2.24) is 0 Å². The quantitative estimate of drug-likeness (QED) is 0.448. The Morgan fingerprint density at radius 1 is 0.950 bits per heavy atom. The third kappa shape index (κ3) is 4.60. The predicted octanol–water partition coefficient (Wildman–Crippen LogP) is 4.66. The van der Waals surface area contributed by atoms with Crippen LogP contribution >= 0.6 is 0 Å². The van der Waals surface area contributed by atoms with E-state index >= 15 is 0 Å². The Morgan fingerprint density at radius 3 is 1.80 bits per heavy atom. The number of benzene rings is 1. The van der Waals surface area contributed by atoms with Gasteiger partial charge in [-0.15, -0.1) is 0 Å². The monoisotopic (exact) mass is 306 g/mol. The Kier molecular flexibility index (Phi) is 5.38. The Labute approximate surface area is 126 Å². The molecule has 0 N–H and O–H groups in total. The summed E-state index contributed by atoms with van der Waals surface area (Å²) in [5.41, 5.74) is 1.21. The minimum atomic E-state index is -1.28. The topological polar surface area (TPSA) is 15.6 Å². The second-order valence-corrected chi connectivity index (χ2v) is 18.8. The molecule has 0 unspecified atom stereocenters. The molecule has 0 radical (unpaired) electrons. The van der Waals surface area contributed by atoms with Crippen LogP contribution < -0.4 is 4.90 Å². The second-order valence-electron chi connectivity index (χ2n) is 7.71. The first-order valence-electron chi connectivity index (χ1n) is 7.36. The molecule has 0 aromatic heterocycles. The van der Waals surface area contributed by atoms with Crippen molar-refractivity contribution in [2.24, 2.45) is 4.99 Å². The Bertz CT molecular complexity index is 442. The minimum Gasteiger partial charge on any atom is -0.334 e. The molecule has 0 aliphatic rings. The van der Waals surface area contributed by atoms with E-state index in [-0.39, 0.29) is 0 Å². The van der Waals surface area contributed by atoms with E-state index in [9.17, 15) is 0 Å². The summed E-state index contributed by atoms with van der Waals surface area (Å²) in [6.45, 7) is 16.8. The van der Waals surface area contributed by atoms with Gasteiger partial charge in [0.25, 0.3) is 0 Å². The normalized spacial score (nSPS) is 13.8. The second kappa shape index (κ2) is 6.27. The average molecular weight is 307 g/mol. The molecule has 0 spiro atoms. The van der Waals surface area contributed by atoms with Gasteiger partial charge in [0.2, 0.25) is 0 Å². The highest BCUT2D eigenvalue weighted by Gasteiger charge is 2.37. The van der Waals surface area contributed by atoms with Gasteiger partial charge < -0.3 is 4.90 Å². The van der Waals surface area contributed by atoms with E-state index in [1.54, 1.807) is 0 Å². The first kappa shape index (κ1) is 17.2. The Hall–Kier alpha value is -0.876. The van der Waals surface area contributed by atoms with Crippen LogP contribution in [-0.2, 0) is 0 Å². The van der Waals surface area contributed by atoms with Crippen molar-refractivity contribution in [3.63, 3.8) is 0 Å². The molecular weight excluding hydrogens is 276 g/mol. The molecule has 1 rings (SSSR count). The Morgan fingerprint density at radius 2 is 1.40 bits per heavy atom. The van der Waals surface area contributed by atoms with Crippen LogP contribution in [-0.4, -0.2) is 34.3 Å². The maximum atomic E-state index is 5.16. The molecule has 0 heterocycles. The van der Waals surface area contributed by atoms with Gasteiger partial charge in [-0.1, -0.05) is 57.5 Å². The number of nitrogens with zero attached hydrogens (tertiary/aromatic N) is 2. The molecule has 0 saturated heterocycles. The highest BCUT2D eigenvalue weighted by molar-refractivity contribution is 6.96. The molecule has 0 aliphatic carbocycles. The molecule has 1 aromatic rings. The number of rotatable bonds is 4. The summed E-state index contributed by atoms with van der Waals surface area (Å²) in [6.07, 6.45) is 0. The molecule has 4 heteroatoms. The molecular formula is C16H30N2Si2. The summed E-state index contributed by atoms with van der Waals surface area (Å²) < 4.78 is 0. The Balaban J connectivity index is 3.07. The summed E-state index contributed by atoms with van der Waals surface area (Å²) in [7, 11) is -0.457. The summed E-state index contributed by atoms with van der Waals surface area (Å²) in [4.78, 5) is 7.36. The third-order valence-corrected chi connectivity index (χ3v) is 12.3. The zero-order valence-corrected chi connectivity index (χ0v) is 16.4. The van der Waals surface area contributed by atoms with Crippen LogP contribution in [0.25, 0.3) is 0 Å². The molecule has 0 atom stereocenters. The van der Waals surface area contributed by atoms with Crippen LogP contribution in [0, 0.1) is 0 Å². The fourth-order valence-corrected chi connectivity index (χ4v) is 14.3. The maximum Gasteiger partial charge on any atom is 0.0995 e. The summed E-state index contributed by atoms with van der Waals surface area (Å²) in [5, 5.41) is 0.557. The molecule has 0 bridgehead atoms. The molecule has 0 amide bonds. The maximum absolute atomic E-state index is 5.16. The van der Waals surface area contributed by atoms with E-state index in [0.717, 1.165) is 5.84 Å². The van der Waals surface area contributed by atoms with Crippen LogP contribution in [0.5, 0.6) is 0 Å². The number of para-hydroxylation sites is 1. The smallest absolute Gasteiger partial charge is 0.0995 e. The zero-order valence-electron chi connectivity index (χ0n) is 14.4. The fraction of sp³-hybridized carbons (Fsp3) is 0.562. The van der Waals surface area contributed by atoms with Gasteiger partial charge in [-0.3, -0.25) is 4.99 Å². The van der Waals surface area contributed by atoms with E-state index in [1.807, 2.05) is 0 Å². The van der Waals surface area contributed by atoms with Crippen LogP contribution in [0.4, 0.5) is 5.69 Å². The molecule has 0 saturated carbocycles. The summed E-state index contributed by atoms with van der Waals surface area (Å²) in [5.74, 6) is 1.13. The van der Waals surface area contributed by atoms with Crippen LogP contribution in [0.2, 0.25) is 39.3 Å². The van der Waals surface area contributed by atoms with Crippen LogP contribution in [0.15, 0.2) is 35.3 Å². The molecule has 2 nitrogen and oxygen atoms in total. The van der Waals surface area contributed by atoms with Gasteiger partial charge in [0.05, 0.1) is 22.0 Å². The van der Waals surface area contributed by atoms with Gasteiger partial charge in [-0.25, -0.2) is 0 Å². The predicted molar refractivity (Wildman–Crippen MR) is 98.4 cm³/mol. The third-order valence-electron chi connectivity index (χ3n) is 3.59. The highest BCUT2D eigenvalue weighted by Crippen LogP contribution is 2.23. The number of aliphatic imine (C=N–C) groups is 1. The number of hydrogen-bond acceptors (Lipinski definition) is 1. The lowest BCUT2D eigenvalue weighted by atomic mass is 10.3. The highest BCUT2D eigenvalue weighted by atomic mass is 28.4. The number of anilines is 1. The van der Waals surface area contributed by atoms with Crippen molar-refractivity contribution in [2.75, 3.05) is 11.9 Å². The molecule has 20 heavy (non-hydrogen) atoms. The number of hydrogen-bond donors (Lipinski definition) is 0. The summed E-state index contributed by atoms with van der Waals surface area (Å²) >= 11 is 0. The van der Waals surface area contributed by atoms with Crippen molar-refractivity contribution >= 4 is 27.7 Å². The minimum absolute atomic E-state index is 0.557. The zero-order chi connectivity index (χ0) is 15.6. The van der Waals surface area contributed by atoms with Gasteiger partial charge in [0.1, 0.15) is 0 Å². The number of amidine groups is 1. The summed E-state index contributed by atoms with van der Waals surface area (Å²) in [6, 6.07) is 10.5. The lowest BCUT2D eigenvalue weighted by molar-refractivity contribution is 1.08. The first-order chi connectivity index (χ1) is 9.03. The van der Waals surface area contributed by atoms with Gasteiger partial charge in [-0.05, 0) is 19.1 Å². The molecule has 112 valence electrons. The van der Waals surface area contributed by atoms with E-state index < -0.39 is 16.1 Å². The largest absolute Gasteiger partial charge is 0.334 e. The standard InChI is InChI=1S/C16H30N2Si2/c1-14(18(2)15-12-10-9-11-13-15)17-16(19(3,4)5)20(6,7)8/h9-13,16H,1-8H3/b17-14+. The van der Waals surface area contributed by atoms with E-state index in [1.165, 1.54) is 5.69 Å². The van der Waals surface area contributed by atoms with E-state index in [0.29, 0.717) is 5.29 Å². The molecule has 1 aromatic carbocycles. The van der Waals surface area contributed by atoms with Crippen molar-refractivity contribution in [3.8, 4) is 0 Å². The van der Waals surface area contributed by atoms with Gasteiger partial charge >= 0.3 is 0 Å². The van der Waals surface area contributed by atoms with Crippen molar-refractivity contribution in [1.29, 1.82) is 0 Å². The van der Waals surface area contributed by atoms with Crippen molar-refractivity contribution in [3.05, 3.63) is 30.3 Å². The fourth-order valence-electron chi connectivity index (χ4n) is 2.80. The van der Waals surface area contributed by atoms with Crippen molar-refractivity contribution < 1.29 is 0 Å². The van der Waals surface area contributed by atoms with Crippen LogP contribution in [0.3, 0.4) is 0 Å². The van der Waals surface area contributed by atoms with Gasteiger partial charge in [0, 0.05) is 18.0 Å². The van der Waals surface area contributed by atoms with Gasteiger partial charge in [-0.2, -0.15) is 0 Å². The van der Waals surface area contributed by atoms with E-state index in [2.05, 4.69) is 88.5 Å². The van der Waals surface area contributed by atoms with Crippen LogP contribution in [0.1, 0.15) is 6.92 Å². The van der Waals surface area contributed by atoms with Crippen molar-refractivity contribution in [2.45, 2.75) is 51.5 Å². The van der Waals surface area contributed by atoms with Gasteiger partial charge in [0.15, 0.2) is 0 Å². The van der Waals surface area contributed by atoms with E-state index in [4.69, 9.17) is 4.99 Å². The average Bonchev–Trinajstić information content (AvgIpc) is 2.33.